The fourth-order valence-electron chi connectivity index (χ4n) is 5.74. The van der Waals surface area contributed by atoms with Crippen molar-refractivity contribution in [3.8, 4) is 0 Å². The topological polar surface area (TPSA) is 95.9 Å². The van der Waals surface area contributed by atoms with Crippen LogP contribution in [0.2, 0.25) is 0 Å². The molecule has 0 aliphatic heterocycles. The fourth-order valence-corrected chi connectivity index (χ4v) is 6.92. The molecule has 4 rings (SSSR count). The van der Waals surface area contributed by atoms with Gasteiger partial charge in [0.15, 0.2) is 0 Å². The van der Waals surface area contributed by atoms with Gasteiger partial charge in [-0.2, -0.15) is 0 Å². The molecule has 0 radical (unpaired) electrons. The number of amides is 2. The summed E-state index contributed by atoms with van der Waals surface area (Å²) in [5, 5.41) is 9.98. The minimum atomic E-state index is -0.867. The van der Waals surface area contributed by atoms with Crippen LogP contribution in [0.15, 0.2) is 23.4 Å². The molecule has 2 amide bonds. The number of carbonyl (C=O) groups excluding carboxylic acids is 1. The van der Waals surface area contributed by atoms with Crippen molar-refractivity contribution in [3.05, 3.63) is 33.2 Å². The Bertz CT molecular complexity index is 928. The van der Waals surface area contributed by atoms with Gasteiger partial charge in [0.05, 0.1) is 15.9 Å². The summed E-state index contributed by atoms with van der Waals surface area (Å²) in [4.78, 5) is 39.5. The minimum Gasteiger partial charge on any atom is -0.465 e. The molecule has 0 bridgehead atoms. The minimum absolute atomic E-state index is 0.149. The predicted molar refractivity (Wildman–Crippen MR) is 146 cm³/mol. The van der Waals surface area contributed by atoms with E-state index in [1.165, 1.54) is 49.9 Å². The van der Waals surface area contributed by atoms with E-state index in [9.17, 15) is 14.7 Å². The summed E-state index contributed by atoms with van der Waals surface area (Å²) in [6.07, 6.45) is 15.4. The molecule has 0 saturated heterocycles. The van der Waals surface area contributed by atoms with Crippen molar-refractivity contribution in [1.29, 1.82) is 0 Å². The Labute approximate surface area is 228 Å². The molecule has 2 fully saturated rings. The Kier molecular flexibility index (Phi) is 11.0. The van der Waals surface area contributed by atoms with Gasteiger partial charge < -0.3 is 19.6 Å². The zero-order valence-electron chi connectivity index (χ0n) is 21.6. The standard InChI is InChI=1S/C27H40N4O4S2/c32-26(33)30(16-21-7-3-1-4-8-21)12-11-23(13-24-14-28-19-36-24)31(17-22-9-5-2-6-10-22)27(34)35-18-25-15-29-20-37-25/h14-15,19-23H,1-13,16-18H2,(H,32,33). The van der Waals surface area contributed by atoms with E-state index in [0.29, 0.717) is 44.3 Å². The highest BCUT2D eigenvalue weighted by atomic mass is 32.1. The van der Waals surface area contributed by atoms with E-state index in [2.05, 4.69) is 9.97 Å². The smallest absolute Gasteiger partial charge is 0.410 e. The van der Waals surface area contributed by atoms with Gasteiger partial charge in [-0.15, -0.1) is 22.7 Å². The fraction of sp³-hybridized carbons (Fsp3) is 0.704. The molecule has 2 aromatic heterocycles. The molecule has 0 aromatic carbocycles. The number of carbonyl (C=O) groups is 2. The normalized spacial score (nSPS) is 17.8. The van der Waals surface area contributed by atoms with Gasteiger partial charge in [-0.25, -0.2) is 9.59 Å². The summed E-state index contributed by atoms with van der Waals surface area (Å²) in [6.45, 7) is 1.86. The molecule has 2 aliphatic rings. The van der Waals surface area contributed by atoms with Crippen LogP contribution in [0.3, 0.4) is 0 Å². The van der Waals surface area contributed by atoms with E-state index in [4.69, 9.17) is 4.74 Å². The summed E-state index contributed by atoms with van der Waals surface area (Å²) >= 11 is 3.05. The van der Waals surface area contributed by atoms with E-state index in [1.54, 1.807) is 27.9 Å². The summed E-state index contributed by atoms with van der Waals surface area (Å²) < 4.78 is 5.78. The van der Waals surface area contributed by atoms with Crippen LogP contribution in [0.5, 0.6) is 0 Å². The summed E-state index contributed by atoms with van der Waals surface area (Å²) in [5.41, 5.74) is 3.55. The molecule has 2 aromatic rings. The third kappa shape index (κ3) is 8.95. The first-order valence-electron chi connectivity index (χ1n) is 13.7. The SMILES string of the molecule is O=C(O)N(CCC(Cc1cncs1)N(CC1CCCCC1)C(=O)OCc1cncs1)CC1CCCCC1. The summed E-state index contributed by atoms with van der Waals surface area (Å²) in [6, 6.07) is -0.149. The number of aromatic nitrogens is 2. The van der Waals surface area contributed by atoms with Crippen LogP contribution in [0.25, 0.3) is 0 Å². The maximum atomic E-state index is 13.5. The second-order valence-electron chi connectivity index (χ2n) is 10.5. The molecule has 0 spiro atoms. The highest BCUT2D eigenvalue weighted by molar-refractivity contribution is 7.09. The van der Waals surface area contributed by atoms with Crippen LogP contribution < -0.4 is 0 Å². The Morgan fingerprint density at radius 3 is 2.08 bits per heavy atom. The number of hydrogen-bond donors (Lipinski definition) is 1. The second-order valence-corrected chi connectivity index (χ2v) is 12.5. The quantitative estimate of drug-likeness (QED) is 0.318. The average Bonchev–Trinajstić information content (AvgIpc) is 3.63. The molecule has 2 heterocycles. The van der Waals surface area contributed by atoms with Crippen LogP contribution in [-0.2, 0) is 17.8 Å². The highest BCUT2D eigenvalue weighted by Gasteiger charge is 2.31. The first-order valence-corrected chi connectivity index (χ1v) is 15.5. The van der Waals surface area contributed by atoms with Crippen molar-refractivity contribution in [1.82, 2.24) is 19.8 Å². The number of rotatable bonds is 12. The largest absolute Gasteiger partial charge is 0.465 e. The molecule has 2 aliphatic carbocycles. The lowest BCUT2D eigenvalue weighted by Gasteiger charge is -2.36. The summed E-state index contributed by atoms with van der Waals surface area (Å²) in [5.74, 6) is 0.888. The third-order valence-electron chi connectivity index (χ3n) is 7.80. The second kappa shape index (κ2) is 14.7. The number of hydrogen-bond acceptors (Lipinski definition) is 7. The molecule has 8 nitrogen and oxygen atoms in total. The van der Waals surface area contributed by atoms with Gasteiger partial charge in [0.25, 0.3) is 0 Å². The molecule has 2 saturated carbocycles. The lowest BCUT2D eigenvalue weighted by Crippen LogP contribution is -2.47. The maximum Gasteiger partial charge on any atom is 0.410 e. The van der Waals surface area contributed by atoms with Gasteiger partial charge >= 0.3 is 12.2 Å². The van der Waals surface area contributed by atoms with Crippen molar-refractivity contribution >= 4 is 34.9 Å². The summed E-state index contributed by atoms with van der Waals surface area (Å²) in [7, 11) is 0. The average molecular weight is 549 g/mol. The van der Waals surface area contributed by atoms with Crippen molar-refractivity contribution in [3.63, 3.8) is 0 Å². The van der Waals surface area contributed by atoms with Crippen LogP contribution in [0, 0.1) is 11.8 Å². The van der Waals surface area contributed by atoms with E-state index < -0.39 is 6.09 Å². The predicted octanol–water partition coefficient (Wildman–Crippen LogP) is 6.68. The number of thiazole rings is 2. The Hall–Kier alpha value is -2.20. The molecule has 1 N–H and O–H groups in total. The molecular weight excluding hydrogens is 508 g/mol. The molecule has 37 heavy (non-hydrogen) atoms. The van der Waals surface area contributed by atoms with Gasteiger partial charge in [0.1, 0.15) is 6.61 Å². The Balaban J connectivity index is 1.48. The zero-order chi connectivity index (χ0) is 25.9. The number of carboxylic acid groups (broad SMARTS) is 1. The van der Waals surface area contributed by atoms with Crippen LogP contribution >= 0.6 is 22.7 Å². The van der Waals surface area contributed by atoms with Crippen LogP contribution in [0.1, 0.15) is 80.4 Å². The number of nitrogens with zero attached hydrogens (tertiary/aromatic N) is 4. The first-order chi connectivity index (χ1) is 18.1. The monoisotopic (exact) mass is 548 g/mol. The zero-order valence-corrected chi connectivity index (χ0v) is 23.3. The molecule has 10 heteroatoms. The molecule has 204 valence electrons. The lowest BCUT2D eigenvalue weighted by atomic mass is 9.88. The van der Waals surface area contributed by atoms with E-state index in [-0.39, 0.29) is 18.7 Å². The van der Waals surface area contributed by atoms with Gasteiger partial charge in [-0.05, 0) is 43.9 Å². The van der Waals surface area contributed by atoms with Crippen LogP contribution in [-0.4, -0.2) is 62.7 Å². The van der Waals surface area contributed by atoms with Gasteiger partial charge in [-0.3, -0.25) is 9.97 Å². The Morgan fingerprint density at radius 2 is 1.51 bits per heavy atom. The van der Waals surface area contributed by atoms with Gasteiger partial charge in [0.2, 0.25) is 0 Å². The van der Waals surface area contributed by atoms with Gasteiger partial charge in [0, 0.05) is 49.4 Å². The van der Waals surface area contributed by atoms with Crippen molar-refractivity contribution in [2.75, 3.05) is 19.6 Å². The maximum absolute atomic E-state index is 13.5. The van der Waals surface area contributed by atoms with Gasteiger partial charge in [-0.1, -0.05) is 38.5 Å². The van der Waals surface area contributed by atoms with E-state index in [1.807, 2.05) is 16.6 Å². The van der Waals surface area contributed by atoms with E-state index >= 15 is 0 Å². The van der Waals surface area contributed by atoms with Crippen molar-refractivity contribution in [2.45, 2.75) is 89.7 Å². The highest BCUT2D eigenvalue weighted by Crippen LogP contribution is 2.28. The molecule has 1 atom stereocenters. The van der Waals surface area contributed by atoms with E-state index in [0.717, 1.165) is 35.4 Å². The van der Waals surface area contributed by atoms with Crippen molar-refractivity contribution in [2.24, 2.45) is 11.8 Å². The van der Waals surface area contributed by atoms with Crippen molar-refractivity contribution < 1.29 is 19.4 Å². The molecule has 1 unspecified atom stereocenters. The van der Waals surface area contributed by atoms with Crippen LogP contribution in [0.4, 0.5) is 9.59 Å². The number of ether oxygens (including phenoxy) is 1. The molecular formula is C27H40N4O4S2. The first kappa shape index (κ1) is 27.8. The Morgan fingerprint density at radius 1 is 0.919 bits per heavy atom. The third-order valence-corrected chi connectivity index (χ3v) is 9.36. The lowest BCUT2D eigenvalue weighted by molar-refractivity contribution is 0.0643.